The van der Waals surface area contributed by atoms with Crippen LogP contribution in [-0.2, 0) is 0 Å². The van der Waals surface area contributed by atoms with Crippen molar-refractivity contribution in [2.75, 3.05) is 33.3 Å². The van der Waals surface area contributed by atoms with Gasteiger partial charge in [0.1, 0.15) is 11.5 Å². The van der Waals surface area contributed by atoms with Crippen molar-refractivity contribution in [2.45, 2.75) is 12.4 Å². The van der Waals surface area contributed by atoms with Crippen molar-refractivity contribution in [1.82, 2.24) is 10.2 Å². The first kappa shape index (κ1) is 20.5. The van der Waals surface area contributed by atoms with Crippen molar-refractivity contribution in [2.24, 2.45) is 0 Å². The summed E-state index contributed by atoms with van der Waals surface area (Å²) in [6.45, 7) is 3.33. The highest BCUT2D eigenvalue weighted by Gasteiger charge is 2.32. The van der Waals surface area contributed by atoms with Gasteiger partial charge in [-0.3, -0.25) is 4.90 Å². The zero-order chi connectivity index (χ0) is 21.1. The minimum absolute atomic E-state index is 0.159. The Hall–Kier alpha value is -2.77. The number of benzene rings is 3. The third kappa shape index (κ3) is 4.37. The number of piperazine rings is 1. The Morgan fingerprint density at radius 1 is 0.933 bits per heavy atom. The van der Waals surface area contributed by atoms with E-state index in [1.54, 1.807) is 19.2 Å². The standard InChI is InChI=1S/C23H23F3N2O2/c1-29-20-11-8-16-4-2-3-5-19(16)21(20)22(28-14-12-27-13-15-28)17-6-9-18(10-7-17)30-23(24,25)26/h2-11,22,27H,12-15H2,1H3/t22-/m1/s1. The van der Waals surface area contributed by atoms with Crippen LogP contribution in [0.1, 0.15) is 17.2 Å². The van der Waals surface area contributed by atoms with E-state index in [1.165, 1.54) is 12.1 Å². The second-order valence-electron chi connectivity index (χ2n) is 7.21. The van der Waals surface area contributed by atoms with Crippen molar-refractivity contribution in [3.8, 4) is 11.5 Å². The average molecular weight is 416 g/mol. The molecule has 1 heterocycles. The van der Waals surface area contributed by atoms with Gasteiger partial charge in [-0.15, -0.1) is 13.2 Å². The van der Waals surface area contributed by atoms with E-state index in [4.69, 9.17) is 4.74 Å². The number of fused-ring (bicyclic) bond motifs is 1. The topological polar surface area (TPSA) is 33.7 Å². The summed E-state index contributed by atoms with van der Waals surface area (Å²) >= 11 is 0. The molecule has 1 aliphatic rings. The molecule has 3 aromatic carbocycles. The molecule has 4 nitrogen and oxygen atoms in total. The lowest BCUT2D eigenvalue weighted by atomic mass is 9.91. The molecule has 3 aromatic rings. The van der Waals surface area contributed by atoms with Gasteiger partial charge in [0, 0.05) is 31.7 Å². The lowest BCUT2D eigenvalue weighted by Crippen LogP contribution is -2.45. The molecule has 1 N–H and O–H groups in total. The molecule has 158 valence electrons. The van der Waals surface area contributed by atoms with Crippen LogP contribution in [0.4, 0.5) is 13.2 Å². The number of rotatable bonds is 5. The van der Waals surface area contributed by atoms with Crippen molar-refractivity contribution >= 4 is 10.8 Å². The van der Waals surface area contributed by atoms with Gasteiger partial charge in [0.25, 0.3) is 0 Å². The number of methoxy groups -OCH3 is 1. The molecule has 0 aliphatic carbocycles. The van der Waals surface area contributed by atoms with Crippen LogP contribution < -0.4 is 14.8 Å². The molecule has 0 spiro atoms. The van der Waals surface area contributed by atoms with Gasteiger partial charge in [0.15, 0.2) is 0 Å². The van der Waals surface area contributed by atoms with Crippen molar-refractivity contribution < 1.29 is 22.6 Å². The summed E-state index contributed by atoms with van der Waals surface area (Å²) in [6, 6.07) is 18.0. The molecule has 1 fully saturated rings. The highest BCUT2D eigenvalue weighted by Crippen LogP contribution is 2.40. The normalized spacial score (nSPS) is 16.4. The Balaban J connectivity index is 1.83. The SMILES string of the molecule is COc1ccc2ccccc2c1[C@@H](c1ccc(OC(F)(F)F)cc1)N1CCNCC1. The molecule has 0 unspecified atom stereocenters. The predicted octanol–water partition coefficient (Wildman–Crippen LogP) is 4.74. The molecule has 0 saturated carbocycles. The van der Waals surface area contributed by atoms with Gasteiger partial charge in [-0.05, 0) is 34.5 Å². The summed E-state index contributed by atoms with van der Waals surface area (Å²) in [7, 11) is 1.64. The average Bonchev–Trinajstić information content (AvgIpc) is 2.75. The monoisotopic (exact) mass is 416 g/mol. The first-order chi connectivity index (χ1) is 14.5. The highest BCUT2D eigenvalue weighted by molar-refractivity contribution is 5.88. The van der Waals surface area contributed by atoms with Crippen LogP contribution in [-0.4, -0.2) is 44.6 Å². The third-order valence-corrected chi connectivity index (χ3v) is 5.37. The van der Waals surface area contributed by atoms with Crippen molar-refractivity contribution in [1.29, 1.82) is 0 Å². The van der Waals surface area contributed by atoms with Crippen LogP contribution in [0.2, 0.25) is 0 Å². The number of nitrogens with one attached hydrogen (secondary N) is 1. The Morgan fingerprint density at radius 2 is 1.63 bits per heavy atom. The number of hydrogen-bond acceptors (Lipinski definition) is 4. The molecule has 1 atom stereocenters. The van der Waals surface area contributed by atoms with Crippen LogP contribution in [0, 0.1) is 0 Å². The summed E-state index contributed by atoms with van der Waals surface area (Å²) in [6.07, 6.45) is -4.71. The second-order valence-corrected chi connectivity index (χ2v) is 7.21. The van der Waals surface area contributed by atoms with Gasteiger partial charge in [-0.2, -0.15) is 0 Å². The van der Waals surface area contributed by atoms with E-state index in [-0.39, 0.29) is 11.8 Å². The van der Waals surface area contributed by atoms with Gasteiger partial charge in [0.05, 0.1) is 13.2 Å². The summed E-state index contributed by atoms with van der Waals surface area (Å²) in [5.74, 6) is 0.531. The zero-order valence-corrected chi connectivity index (χ0v) is 16.6. The summed E-state index contributed by atoms with van der Waals surface area (Å²) in [5.41, 5.74) is 1.91. The molecular weight excluding hydrogens is 393 g/mol. The summed E-state index contributed by atoms with van der Waals surface area (Å²) in [4.78, 5) is 2.33. The van der Waals surface area contributed by atoms with Crippen LogP contribution in [0.15, 0.2) is 60.7 Å². The van der Waals surface area contributed by atoms with E-state index in [9.17, 15) is 13.2 Å². The molecule has 0 bridgehead atoms. The number of alkyl halides is 3. The van der Waals surface area contributed by atoms with Gasteiger partial charge < -0.3 is 14.8 Å². The van der Waals surface area contributed by atoms with Gasteiger partial charge in [-0.1, -0.05) is 42.5 Å². The lowest BCUT2D eigenvalue weighted by Gasteiger charge is -2.36. The van der Waals surface area contributed by atoms with E-state index in [2.05, 4.69) is 21.0 Å². The number of hydrogen-bond donors (Lipinski definition) is 1. The fraction of sp³-hybridized carbons (Fsp3) is 0.304. The second kappa shape index (κ2) is 8.53. The molecule has 7 heteroatoms. The predicted molar refractivity (Wildman–Crippen MR) is 110 cm³/mol. The van der Waals surface area contributed by atoms with Crippen LogP contribution in [0.3, 0.4) is 0 Å². The molecular formula is C23H23F3N2O2. The van der Waals surface area contributed by atoms with Gasteiger partial charge >= 0.3 is 6.36 Å². The van der Waals surface area contributed by atoms with Crippen LogP contribution in [0.5, 0.6) is 11.5 Å². The van der Waals surface area contributed by atoms with E-state index in [0.29, 0.717) is 0 Å². The first-order valence-corrected chi connectivity index (χ1v) is 9.82. The molecule has 1 aliphatic heterocycles. The number of halogens is 3. The largest absolute Gasteiger partial charge is 0.573 e. The summed E-state index contributed by atoms with van der Waals surface area (Å²) in [5, 5.41) is 5.51. The Bertz CT molecular complexity index is 999. The minimum Gasteiger partial charge on any atom is -0.496 e. The summed E-state index contributed by atoms with van der Waals surface area (Å²) < 4.78 is 47.5. The Labute approximate surface area is 173 Å². The minimum atomic E-state index is -4.71. The third-order valence-electron chi connectivity index (χ3n) is 5.37. The van der Waals surface area contributed by atoms with E-state index < -0.39 is 6.36 Å². The lowest BCUT2D eigenvalue weighted by molar-refractivity contribution is -0.274. The van der Waals surface area contributed by atoms with E-state index in [0.717, 1.165) is 53.8 Å². The van der Waals surface area contributed by atoms with E-state index >= 15 is 0 Å². The van der Waals surface area contributed by atoms with Gasteiger partial charge in [-0.25, -0.2) is 0 Å². The smallest absolute Gasteiger partial charge is 0.496 e. The van der Waals surface area contributed by atoms with Crippen molar-refractivity contribution in [3.63, 3.8) is 0 Å². The number of ether oxygens (including phenoxy) is 2. The van der Waals surface area contributed by atoms with Crippen LogP contribution in [0.25, 0.3) is 10.8 Å². The van der Waals surface area contributed by atoms with Crippen molar-refractivity contribution in [3.05, 3.63) is 71.8 Å². The Kier molecular flexibility index (Phi) is 5.83. The highest BCUT2D eigenvalue weighted by atomic mass is 19.4. The molecule has 1 saturated heterocycles. The first-order valence-electron chi connectivity index (χ1n) is 9.82. The molecule has 4 rings (SSSR count). The molecule has 0 amide bonds. The fourth-order valence-electron chi connectivity index (χ4n) is 4.09. The maximum Gasteiger partial charge on any atom is 0.573 e. The quantitative estimate of drug-likeness (QED) is 0.651. The maximum absolute atomic E-state index is 12.6. The molecule has 30 heavy (non-hydrogen) atoms. The van der Waals surface area contributed by atoms with E-state index in [1.807, 2.05) is 30.3 Å². The van der Waals surface area contributed by atoms with Crippen LogP contribution >= 0.6 is 0 Å². The fourth-order valence-corrected chi connectivity index (χ4v) is 4.09. The maximum atomic E-state index is 12.6. The van der Waals surface area contributed by atoms with Gasteiger partial charge in [0.2, 0.25) is 0 Å². The molecule has 0 radical (unpaired) electrons. The Morgan fingerprint density at radius 3 is 2.30 bits per heavy atom. The number of nitrogens with zero attached hydrogens (tertiary/aromatic N) is 1. The molecule has 0 aromatic heterocycles. The zero-order valence-electron chi connectivity index (χ0n) is 16.6.